The van der Waals surface area contributed by atoms with Gasteiger partial charge in [0.25, 0.3) is 0 Å². The van der Waals surface area contributed by atoms with Crippen molar-refractivity contribution in [3.05, 3.63) is 35.8 Å². The predicted octanol–water partition coefficient (Wildman–Crippen LogP) is 1.08. The second-order valence-corrected chi connectivity index (χ2v) is 5.39. The van der Waals surface area contributed by atoms with E-state index >= 15 is 0 Å². The lowest BCUT2D eigenvalue weighted by Gasteiger charge is -2.00. The highest BCUT2D eigenvalue weighted by Gasteiger charge is 2.14. The molecule has 2 aromatic rings. The van der Waals surface area contributed by atoms with Gasteiger partial charge in [-0.05, 0) is 18.2 Å². The van der Waals surface area contributed by atoms with Crippen molar-refractivity contribution in [2.45, 2.75) is 6.61 Å². The van der Waals surface area contributed by atoms with Crippen LogP contribution in [0.5, 0.6) is 0 Å². The van der Waals surface area contributed by atoms with Crippen LogP contribution in [0.2, 0.25) is 0 Å². The van der Waals surface area contributed by atoms with E-state index in [1.807, 2.05) is 0 Å². The van der Waals surface area contributed by atoms with Gasteiger partial charge in [-0.1, -0.05) is 0 Å². The van der Waals surface area contributed by atoms with Crippen molar-refractivity contribution in [3.8, 4) is 0 Å². The lowest BCUT2D eigenvalue weighted by atomic mass is 10.2. The second-order valence-electron chi connectivity index (χ2n) is 3.53. The molecule has 1 heterocycles. The minimum Gasteiger partial charge on any atom is -0.392 e. The molecule has 0 atom stereocenters. The van der Waals surface area contributed by atoms with Crippen molar-refractivity contribution in [2.75, 3.05) is 6.26 Å². The van der Waals surface area contributed by atoms with E-state index in [0.717, 1.165) is 10.2 Å². The molecule has 0 spiro atoms. The smallest absolute Gasteiger partial charge is 0.236 e. The number of nitrogens with zero attached hydrogens (tertiary/aromatic N) is 1. The summed E-state index contributed by atoms with van der Waals surface area (Å²) in [4.78, 5) is 0. The van der Waals surface area contributed by atoms with Crippen LogP contribution in [0.3, 0.4) is 0 Å². The minimum absolute atomic E-state index is 0.331. The van der Waals surface area contributed by atoms with Gasteiger partial charge in [-0.25, -0.2) is 16.8 Å². The first-order valence-electron chi connectivity index (χ1n) is 4.54. The van der Waals surface area contributed by atoms with Crippen molar-refractivity contribution < 1.29 is 17.9 Å². The van der Waals surface area contributed by atoms with Gasteiger partial charge in [0.15, 0.2) is 0 Å². The summed E-state index contributed by atoms with van der Waals surface area (Å²) in [5.41, 5.74) is 0.757. The van der Waals surface area contributed by atoms with Gasteiger partial charge in [0.2, 0.25) is 10.0 Å². The Morgan fingerprint density at radius 1 is 1.44 bits per heavy atom. The largest absolute Gasteiger partial charge is 0.392 e. The molecule has 0 aliphatic carbocycles. The van der Waals surface area contributed by atoms with Crippen LogP contribution in [0.4, 0.5) is 4.39 Å². The van der Waals surface area contributed by atoms with Gasteiger partial charge in [-0.2, -0.15) is 0 Å². The van der Waals surface area contributed by atoms with Crippen molar-refractivity contribution in [3.63, 3.8) is 0 Å². The molecule has 0 unspecified atom stereocenters. The number of aliphatic hydroxyl groups excluding tert-OH is 1. The summed E-state index contributed by atoms with van der Waals surface area (Å²) in [7, 11) is -3.45. The van der Waals surface area contributed by atoms with Crippen molar-refractivity contribution in [1.29, 1.82) is 0 Å². The Balaban J connectivity index is 2.89. The minimum atomic E-state index is -3.45. The third-order valence-corrected chi connectivity index (χ3v) is 3.36. The van der Waals surface area contributed by atoms with E-state index in [2.05, 4.69) is 0 Å². The molecule has 1 aromatic heterocycles. The molecule has 0 aliphatic heterocycles. The molecule has 0 saturated heterocycles. The van der Waals surface area contributed by atoms with Gasteiger partial charge in [0, 0.05) is 17.1 Å². The molecule has 0 amide bonds. The molecule has 1 N–H and O–H groups in total. The fraction of sp³-hybridized carbons (Fsp3) is 0.200. The quantitative estimate of drug-likeness (QED) is 0.858. The molecule has 6 heteroatoms. The summed E-state index contributed by atoms with van der Waals surface area (Å²) in [6.07, 6.45) is 2.36. The molecule has 1 aromatic carbocycles. The number of fused-ring (bicyclic) bond motifs is 1. The van der Waals surface area contributed by atoms with Crippen LogP contribution in [0.15, 0.2) is 24.4 Å². The predicted molar refractivity (Wildman–Crippen MR) is 58.1 cm³/mol. The summed E-state index contributed by atoms with van der Waals surface area (Å²) in [5.74, 6) is -0.464. The first-order chi connectivity index (χ1) is 7.43. The average molecular weight is 243 g/mol. The van der Waals surface area contributed by atoms with Crippen LogP contribution >= 0.6 is 0 Å². The topological polar surface area (TPSA) is 59.3 Å². The number of rotatable bonds is 2. The summed E-state index contributed by atoms with van der Waals surface area (Å²) in [5, 5.41) is 9.49. The Morgan fingerprint density at radius 2 is 2.12 bits per heavy atom. The summed E-state index contributed by atoms with van der Waals surface area (Å²) < 4.78 is 37.0. The third-order valence-electron chi connectivity index (χ3n) is 2.34. The van der Waals surface area contributed by atoms with Gasteiger partial charge in [0.1, 0.15) is 5.82 Å². The second kappa shape index (κ2) is 3.57. The SMILES string of the molecule is CS(=O)(=O)n1cc(CO)c2cc(F)ccc21. The zero-order valence-corrected chi connectivity index (χ0v) is 9.33. The van der Waals surface area contributed by atoms with E-state index in [4.69, 9.17) is 5.11 Å². The number of aliphatic hydroxyl groups is 1. The fourth-order valence-electron chi connectivity index (χ4n) is 1.64. The van der Waals surface area contributed by atoms with Crippen molar-refractivity contribution >= 4 is 20.9 Å². The maximum Gasteiger partial charge on any atom is 0.236 e. The number of hydrogen-bond donors (Lipinski definition) is 1. The van der Waals surface area contributed by atoms with Gasteiger partial charge in [0.05, 0.1) is 18.4 Å². The Hall–Kier alpha value is -1.40. The van der Waals surface area contributed by atoms with Crippen LogP contribution in [0.25, 0.3) is 10.9 Å². The molecule has 0 saturated carbocycles. The summed E-state index contributed by atoms with van der Waals surface area (Å²) >= 11 is 0. The van der Waals surface area contributed by atoms with E-state index in [9.17, 15) is 12.8 Å². The monoisotopic (exact) mass is 243 g/mol. The Kier molecular flexibility index (Phi) is 2.47. The van der Waals surface area contributed by atoms with E-state index in [0.29, 0.717) is 16.5 Å². The summed E-state index contributed by atoms with van der Waals surface area (Å²) in [6, 6.07) is 3.78. The molecule has 0 bridgehead atoms. The van der Waals surface area contributed by atoms with Crippen molar-refractivity contribution in [2.24, 2.45) is 0 Å². The molecular formula is C10H10FNO3S. The zero-order valence-electron chi connectivity index (χ0n) is 8.51. The normalized spacial score (nSPS) is 12.2. The molecule has 0 fully saturated rings. The standard InChI is InChI=1S/C10H10FNO3S/c1-16(14,15)12-5-7(6-13)9-4-8(11)2-3-10(9)12/h2-5,13H,6H2,1H3. The molecule has 2 rings (SSSR count). The third kappa shape index (κ3) is 1.70. The van der Waals surface area contributed by atoms with Crippen LogP contribution in [-0.2, 0) is 16.6 Å². The maximum absolute atomic E-state index is 13.0. The van der Waals surface area contributed by atoms with E-state index in [1.54, 1.807) is 0 Å². The van der Waals surface area contributed by atoms with Crippen LogP contribution in [-0.4, -0.2) is 23.8 Å². The highest BCUT2D eigenvalue weighted by atomic mass is 32.2. The molecule has 0 aliphatic rings. The van der Waals surface area contributed by atoms with E-state index < -0.39 is 15.8 Å². The number of benzene rings is 1. The first kappa shape index (κ1) is 11.1. The molecule has 0 radical (unpaired) electrons. The highest BCUT2D eigenvalue weighted by molar-refractivity contribution is 7.89. The van der Waals surface area contributed by atoms with E-state index in [-0.39, 0.29) is 6.61 Å². The average Bonchev–Trinajstić information content (AvgIpc) is 2.55. The Labute approximate surface area is 92.0 Å². The number of halogens is 1. The lowest BCUT2D eigenvalue weighted by molar-refractivity contribution is 0.283. The highest BCUT2D eigenvalue weighted by Crippen LogP contribution is 2.23. The fourth-order valence-corrected chi connectivity index (χ4v) is 2.47. The summed E-state index contributed by atoms with van der Waals surface area (Å²) in [6.45, 7) is -0.331. The number of hydrogen-bond acceptors (Lipinski definition) is 3. The van der Waals surface area contributed by atoms with Crippen LogP contribution in [0.1, 0.15) is 5.56 Å². The van der Waals surface area contributed by atoms with Gasteiger partial charge < -0.3 is 5.11 Å². The van der Waals surface area contributed by atoms with Crippen molar-refractivity contribution in [1.82, 2.24) is 3.97 Å². The van der Waals surface area contributed by atoms with Gasteiger partial charge in [-0.15, -0.1) is 0 Å². The molecule has 86 valence electrons. The van der Waals surface area contributed by atoms with E-state index in [1.165, 1.54) is 24.4 Å². The van der Waals surface area contributed by atoms with Crippen LogP contribution in [0, 0.1) is 5.82 Å². The zero-order chi connectivity index (χ0) is 11.9. The Morgan fingerprint density at radius 3 is 2.69 bits per heavy atom. The molecule has 16 heavy (non-hydrogen) atoms. The van der Waals surface area contributed by atoms with Crippen LogP contribution < -0.4 is 0 Å². The first-order valence-corrected chi connectivity index (χ1v) is 6.39. The number of aromatic nitrogens is 1. The molecule has 4 nitrogen and oxygen atoms in total. The Bertz CT molecular complexity index is 645. The van der Waals surface area contributed by atoms with Gasteiger partial charge >= 0.3 is 0 Å². The molecular weight excluding hydrogens is 233 g/mol. The lowest BCUT2D eigenvalue weighted by Crippen LogP contribution is -2.08. The maximum atomic E-state index is 13.0. The van der Waals surface area contributed by atoms with Gasteiger partial charge in [-0.3, -0.25) is 0 Å².